The van der Waals surface area contributed by atoms with Gasteiger partial charge in [-0.25, -0.2) is 0 Å². The minimum atomic E-state index is -1.52. The molecule has 0 aliphatic carbocycles. The smallest absolute Gasteiger partial charge is 0.550 e. The van der Waals surface area contributed by atoms with Crippen LogP contribution >= 0.6 is 0 Å². The topological polar surface area (TPSA) is 100 Å². The zero-order valence-corrected chi connectivity index (χ0v) is 14.0. The number of hydrogen-bond donors (Lipinski definition) is 1. The van der Waals surface area contributed by atoms with Crippen molar-refractivity contribution in [1.29, 1.82) is 0 Å². The molecule has 0 aromatic heterocycles. The zero-order chi connectivity index (χ0) is 11.8. The maximum absolute atomic E-state index is 10.1. The molecule has 0 bridgehead atoms. The number of benzene rings is 1. The van der Waals surface area contributed by atoms with E-state index in [1.807, 2.05) is 0 Å². The van der Waals surface area contributed by atoms with E-state index in [0.717, 1.165) is 6.92 Å². The summed E-state index contributed by atoms with van der Waals surface area (Å²) in [6.07, 6.45) is -1.52. The molecule has 7 heteroatoms. The van der Waals surface area contributed by atoms with E-state index in [0.29, 0.717) is 5.56 Å². The van der Waals surface area contributed by atoms with E-state index in [1.165, 1.54) is 12.1 Å². The quantitative estimate of drug-likeness (QED) is 0.530. The monoisotopic (exact) mass is 256 g/mol. The zero-order valence-electron chi connectivity index (χ0n) is 10.0. The van der Waals surface area contributed by atoms with Gasteiger partial charge in [0.2, 0.25) is 0 Å². The number of hydrogen-bond acceptors (Lipinski definition) is 5. The Morgan fingerprint density at radius 2 is 1.47 bits per heavy atom. The average molecular weight is 256 g/mol. The first-order chi connectivity index (χ1) is 6.95. The molecule has 0 spiro atoms. The van der Waals surface area contributed by atoms with Crippen LogP contribution in [0.4, 0.5) is 0 Å². The van der Waals surface area contributed by atoms with Gasteiger partial charge in [0.1, 0.15) is 6.10 Å². The SMILES string of the molecule is CC(=O)[O-].O=C([O-])C(O)c1ccccc1.[Na+].[Na+]. The van der Waals surface area contributed by atoms with Crippen molar-refractivity contribution in [3.8, 4) is 0 Å². The van der Waals surface area contributed by atoms with Crippen molar-refractivity contribution in [3.63, 3.8) is 0 Å². The van der Waals surface area contributed by atoms with Gasteiger partial charge in [0, 0.05) is 5.97 Å². The summed E-state index contributed by atoms with van der Waals surface area (Å²) in [6.45, 7) is 0.972. The molecule has 0 heterocycles. The molecule has 1 atom stereocenters. The number of carboxylic acid groups (broad SMARTS) is 2. The van der Waals surface area contributed by atoms with Crippen molar-refractivity contribution < 1.29 is 84.0 Å². The van der Waals surface area contributed by atoms with E-state index in [4.69, 9.17) is 15.0 Å². The molecule has 0 saturated carbocycles. The van der Waals surface area contributed by atoms with Crippen molar-refractivity contribution in [2.45, 2.75) is 13.0 Å². The van der Waals surface area contributed by atoms with Crippen LogP contribution in [0, 0.1) is 0 Å². The Morgan fingerprint density at radius 3 is 1.76 bits per heavy atom. The summed E-state index contributed by atoms with van der Waals surface area (Å²) in [7, 11) is 0. The van der Waals surface area contributed by atoms with Crippen LogP contribution in [0.25, 0.3) is 0 Å². The molecular weight excluding hydrogens is 246 g/mol. The predicted octanol–water partition coefficient (Wildman–Crippen LogP) is -7.77. The van der Waals surface area contributed by atoms with Crippen molar-refractivity contribution >= 4 is 11.9 Å². The number of carbonyl (C=O) groups is 2. The minimum absolute atomic E-state index is 0. The van der Waals surface area contributed by atoms with Gasteiger partial charge in [-0.2, -0.15) is 0 Å². The molecule has 0 amide bonds. The van der Waals surface area contributed by atoms with Crippen LogP contribution in [0.2, 0.25) is 0 Å². The van der Waals surface area contributed by atoms with Gasteiger partial charge in [-0.05, 0) is 12.5 Å². The molecule has 1 N–H and O–H groups in total. The van der Waals surface area contributed by atoms with Crippen molar-refractivity contribution in [1.82, 2.24) is 0 Å². The molecule has 1 aromatic carbocycles. The summed E-state index contributed by atoms with van der Waals surface area (Å²) in [6, 6.07) is 8.11. The molecule has 0 aliphatic rings. The fourth-order valence-electron chi connectivity index (χ4n) is 0.771. The first kappa shape index (κ1) is 22.3. The van der Waals surface area contributed by atoms with Crippen LogP contribution in [-0.2, 0) is 9.59 Å². The van der Waals surface area contributed by atoms with Gasteiger partial charge in [-0.15, -0.1) is 0 Å². The van der Waals surface area contributed by atoms with Gasteiger partial charge < -0.3 is 24.9 Å². The van der Waals surface area contributed by atoms with Crippen molar-refractivity contribution in [2.75, 3.05) is 0 Å². The second kappa shape index (κ2) is 12.6. The number of aliphatic hydroxyl groups is 1. The maximum Gasteiger partial charge on any atom is 1.00 e. The van der Waals surface area contributed by atoms with Crippen molar-refractivity contribution in [3.05, 3.63) is 35.9 Å². The standard InChI is InChI=1S/C8H8O3.C2H4O2.2Na/c9-7(8(10)11)6-4-2-1-3-5-6;1-2(3)4;;/h1-5,7,9H,(H,10,11);1H3,(H,3,4);;/q;;2*+1/p-2. The van der Waals surface area contributed by atoms with E-state index in [2.05, 4.69) is 0 Å². The average Bonchev–Trinajstić information content (AvgIpc) is 2.17. The maximum atomic E-state index is 10.1. The Kier molecular flexibility index (Phi) is 16.5. The van der Waals surface area contributed by atoms with Crippen LogP contribution in [0.1, 0.15) is 18.6 Å². The Hall–Kier alpha value is 0.120. The van der Waals surface area contributed by atoms with Gasteiger partial charge in [-0.1, -0.05) is 30.3 Å². The van der Waals surface area contributed by atoms with Gasteiger partial charge >= 0.3 is 59.1 Å². The van der Waals surface area contributed by atoms with Crippen molar-refractivity contribution in [2.24, 2.45) is 0 Å². The van der Waals surface area contributed by atoms with Crippen LogP contribution in [0.3, 0.4) is 0 Å². The van der Waals surface area contributed by atoms with Gasteiger partial charge in [-0.3, -0.25) is 0 Å². The summed E-state index contributed by atoms with van der Waals surface area (Å²) in [4.78, 5) is 19.0. The van der Waals surface area contributed by atoms with E-state index >= 15 is 0 Å². The Balaban J connectivity index is -0.000000289. The minimum Gasteiger partial charge on any atom is -0.550 e. The number of carbonyl (C=O) groups excluding carboxylic acids is 2. The van der Waals surface area contributed by atoms with Crippen LogP contribution < -0.4 is 69.3 Å². The molecule has 1 aromatic rings. The van der Waals surface area contributed by atoms with Crippen LogP contribution in [-0.4, -0.2) is 17.0 Å². The summed E-state index contributed by atoms with van der Waals surface area (Å²) in [5, 5.41) is 28.0. The largest absolute Gasteiger partial charge is 1.00 e. The second-order valence-corrected chi connectivity index (χ2v) is 2.62. The Bertz CT molecular complexity index is 325. The first-order valence-electron chi connectivity index (χ1n) is 4.06. The number of carboxylic acids is 2. The molecular formula is C10H10Na2O5. The van der Waals surface area contributed by atoms with E-state index in [9.17, 15) is 9.90 Å². The Labute approximate surface area is 143 Å². The molecule has 1 rings (SSSR count). The normalized spacial score (nSPS) is 9.53. The molecule has 1 unspecified atom stereocenters. The first-order valence-corrected chi connectivity index (χ1v) is 4.06. The number of aliphatic hydroxyl groups excluding tert-OH is 1. The molecule has 0 saturated heterocycles. The van der Waals surface area contributed by atoms with Gasteiger partial charge in [0.25, 0.3) is 0 Å². The molecule has 17 heavy (non-hydrogen) atoms. The number of rotatable bonds is 2. The molecule has 82 valence electrons. The summed E-state index contributed by atoms with van der Waals surface area (Å²) < 4.78 is 0. The molecule has 0 fully saturated rings. The van der Waals surface area contributed by atoms with Gasteiger partial charge in [0.05, 0.1) is 5.97 Å². The summed E-state index contributed by atoms with van der Waals surface area (Å²) in [5.74, 6) is -2.56. The third-order valence-electron chi connectivity index (χ3n) is 1.34. The summed E-state index contributed by atoms with van der Waals surface area (Å²) >= 11 is 0. The summed E-state index contributed by atoms with van der Waals surface area (Å²) in [5.41, 5.74) is 0.340. The van der Waals surface area contributed by atoms with E-state index in [1.54, 1.807) is 18.2 Å². The van der Waals surface area contributed by atoms with Crippen LogP contribution in [0.15, 0.2) is 30.3 Å². The molecule has 5 nitrogen and oxygen atoms in total. The van der Waals surface area contributed by atoms with E-state index < -0.39 is 18.0 Å². The van der Waals surface area contributed by atoms with E-state index in [-0.39, 0.29) is 59.1 Å². The van der Waals surface area contributed by atoms with Crippen LogP contribution in [0.5, 0.6) is 0 Å². The predicted molar refractivity (Wildman–Crippen MR) is 47.1 cm³/mol. The Morgan fingerprint density at radius 1 is 1.12 bits per heavy atom. The fraction of sp³-hybridized carbons (Fsp3) is 0.200. The second-order valence-electron chi connectivity index (χ2n) is 2.62. The molecule has 0 radical (unpaired) electrons. The third-order valence-corrected chi connectivity index (χ3v) is 1.34. The number of aliphatic carboxylic acids is 2. The molecule has 0 aliphatic heterocycles. The third kappa shape index (κ3) is 12.4. The fourth-order valence-corrected chi connectivity index (χ4v) is 0.771. The van der Waals surface area contributed by atoms with Gasteiger partial charge in [0.15, 0.2) is 0 Å².